The van der Waals surface area contributed by atoms with E-state index in [0.717, 1.165) is 0 Å². The second-order valence-corrected chi connectivity index (χ2v) is 5.39. The third-order valence-electron chi connectivity index (χ3n) is 3.78. The van der Waals surface area contributed by atoms with E-state index in [4.69, 9.17) is 9.52 Å². The molecule has 1 unspecified atom stereocenters. The maximum absolute atomic E-state index is 12.7. The summed E-state index contributed by atoms with van der Waals surface area (Å²) >= 11 is 0. The maximum Gasteiger partial charge on any atom is 0.323 e. The molecule has 0 aliphatic carbocycles. The highest BCUT2D eigenvalue weighted by Crippen LogP contribution is 2.21. The zero-order chi connectivity index (χ0) is 17.0. The maximum atomic E-state index is 12.7. The van der Waals surface area contributed by atoms with Crippen molar-refractivity contribution >= 4 is 11.9 Å². The van der Waals surface area contributed by atoms with Crippen LogP contribution in [0.4, 0.5) is 0 Å². The molecule has 0 saturated carbocycles. The summed E-state index contributed by atoms with van der Waals surface area (Å²) in [5.41, 5.74) is 1.59. The van der Waals surface area contributed by atoms with E-state index in [9.17, 15) is 9.59 Å². The first-order valence-electron chi connectivity index (χ1n) is 7.48. The molecule has 0 saturated heterocycles. The molecule has 23 heavy (non-hydrogen) atoms. The number of carboxylic acid groups (broad SMARTS) is 1. The lowest BCUT2D eigenvalue weighted by molar-refractivity contribution is -0.138. The van der Waals surface area contributed by atoms with Crippen LogP contribution in [0.1, 0.15) is 36.3 Å². The van der Waals surface area contributed by atoms with Crippen LogP contribution < -0.4 is 0 Å². The second kappa shape index (κ2) is 7.09. The van der Waals surface area contributed by atoms with Crippen molar-refractivity contribution in [2.24, 2.45) is 0 Å². The largest absolute Gasteiger partial charge is 0.480 e. The Labute approximate surface area is 134 Å². The molecule has 1 N–H and O–H groups in total. The lowest BCUT2D eigenvalue weighted by Gasteiger charge is -2.27. The quantitative estimate of drug-likeness (QED) is 0.885. The Kier molecular flexibility index (Phi) is 5.16. The van der Waals surface area contributed by atoms with Gasteiger partial charge in [-0.25, -0.2) is 4.98 Å². The van der Waals surface area contributed by atoms with Crippen molar-refractivity contribution < 1.29 is 19.1 Å². The van der Waals surface area contributed by atoms with Gasteiger partial charge in [-0.2, -0.15) is 0 Å². The van der Waals surface area contributed by atoms with Gasteiger partial charge in [-0.1, -0.05) is 6.92 Å². The van der Waals surface area contributed by atoms with Gasteiger partial charge in [0.1, 0.15) is 12.2 Å². The Bertz CT molecular complexity index is 695. The number of carboxylic acids is 1. The van der Waals surface area contributed by atoms with E-state index in [1.807, 2.05) is 13.8 Å². The molecule has 0 radical (unpaired) electrons. The SMILES string of the molecule is CCC(C)N(CC(=O)O)C(=O)c1ccc(-c2ccco2)nc1C. The van der Waals surface area contributed by atoms with E-state index >= 15 is 0 Å². The highest BCUT2D eigenvalue weighted by atomic mass is 16.4. The number of hydrogen-bond acceptors (Lipinski definition) is 4. The number of aryl methyl sites for hydroxylation is 1. The van der Waals surface area contributed by atoms with Gasteiger partial charge in [0.05, 0.1) is 17.5 Å². The van der Waals surface area contributed by atoms with Crippen molar-refractivity contribution in [1.29, 1.82) is 0 Å². The molecule has 1 amide bonds. The number of hydrogen-bond donors (Lipinski definition) is 1. The van der Waals surface area contributed by atoms with Gasteiger partial charge in [-0.05, 0) is 44.5 Å². The molecule has 0 aliphatic rings. The number of carbonyl (C=O) groups is 2. The fourth-order valence-electron chi connectivity index (χ4n) is 2.30. The van der Waals surface area contributed by atoms with Crippen LogP contribution in [0.15, 0.2) is 34.9 Å². The molecule has 0 bridgehead atoms. The Morgan fingerprint density at radius 3 is 2.61 bits per heavy atom. The van der Waals surface area contributed by atoms with Gasteiger partial charge in [-0.15, -0.1) is 0 Å². The van der Waals surface area contributed by atoms with Crippen molar-refractivity contribution in [3.05, 3.63) is 41.8 Å². The number of aromatic nitrogens is 1. The van der Waals surface area contributed by atoms with Gasteiger partial charge in [-0.3, -0.25) is 9.59 Å². The Balaban J connectivity index is 2.32. The Morgan fingerprint density at radius 1 is 1.35 bits per heavy atom. The number of amides is 1. The molecular formula is C17H20N2O4. The zero-order valence-electron chi connectivity index (χ0n) is 13.4. The first-order chi connectivity index (χ1) is 10.9. The highest BCUT2D eigenvalue weighted by Gasteiger charge is 2.24. The van der Waals surface area contributed by atoms with E-state index in [-0.39, 0.29) is 18.5 Å². The van der Waals surface area contributed by atoms with Crippen LogP contribution in [0.3, 0.4) is 0 Å². The summed E-state index contributed by atoms with van der Waals surface area (Å²) in [6.45, 7) is 5.15. The van der Waals surface area contributed by atoms with E-state index in [2.05, 4.69) is 4.98 Å². The summed E-state index contributed by atoms with van der Waals surface area (Å²) in [6.07, 6.45) is 2.24. The number of rotatable bonds is 6. The van der Waals surface area contributed by atoms with Crippen LogP contribution in [0.2, 0.25) is 0 Å². The minimum absolute atomic E-state index is 0.164. The lowest BCUT2D eigenvalue weighted by atomic mass is 10.1. The molecule has 0 fully saturated rings. The van der Waals surface area contributed by atoms with Crippen molar-refractivity contribution in [2.75, 3.05) is 6.54 Å². The summed E-state index contributed by atoms with van der Waals surface area (Å²) in [5, 5.41) is 9.04. The van der Waals surface area contributed by atoms with Crippen LogP contribution in [0.5, 0.6) is 0 Å². The average Bonchev–Trinajstić information content (AvgIpc) is 3.05. The third-order valence-corrected chi connectivity index (χ3v) is 3.78. The zero-order valence-corrected chi connectivity index (χ0v) is 13.4. The van der Waals surface area contributed by atoms with E-state index in [1.54, 1.807) is 37.5 Å². The third kappa shape index (κ3) is 3.77. The smallest absolute Gasteiger partial charge is 0.323 e. The van der Waals surface area contributed by atoms with Crippen molar-refractivity contribution in [2.45, 2.75) is 33.2 Å². The summed E-state index contributed by atoms with van der Waals surface area (Å²) < 4.78 is 5.30. The molecule has 2 aromatic rings. The first-order valence-corrected chi connectivity index (χ1v) is 7.48. The topological polar surface area (TPSA) is 83.6 Å². The monoisotopic (exact) mass is 316 g/mol. The van der Waals surface area contributed by atoms with Crippen molar-refractivity contribution in [3.8, 4) is 11.5 Å². The number of carbonyl (C=O) groups excluding carboxylic acids is 1. The normalized spacial score (nSPS) is 12.0. The van der Waals surface area contributed by atoms with Crippen molar-refractivity contribution in [1.82, 2.24) is 9.88 Å². The summed E-state index contributed by atoms with van der Waals surface area (Å²) in [7, 11) is 0. The van der Waals surface area contributed by atoms with Gasteiger partial charge in [0.25, 0.3) is 5.91 Å². The Hall–Kier alpha value is -2.63. The van der Waals surface area contributed by atoms with Gasteiger partial charge in [0, 0.05) is 6.04 Å². The highest BCUT2D eigenvalue weighted by molar-refractivity contribution is 5.97. The van der Waals surface area contributed by atoms with Crippen LogP contribution >= 0.6 is 0 Å². The van der Waals surface area contributed by atoms with Crippen LogP contribution in [0, 0.1) is 6.92 Å². The molecule has 2 heterocycles. The molecule has 2 aromatic heterocycles. The standard InChI is InChI=1S/C17H20N2O4/c1-4-11(2)19(10-16(20)21)17(22)13-7-8-14(18-12(13)3)15-6-5-9-23-15/h5-9,11H,4,10H2,1-3H3,(H,20,21). The van der Waals surface area contributed by atoms with Gasteiger partial charge in [0.15, 0.2) is 5.76 Å². The lowest BCUT2D eigenvalue weighted by Crippen LogP contribution is -2.42. The van der Waals surface area contributed by atoms with E-state index in [1.165, 1.54) is 4.90 Å². The van der Waals surface area contributed by atoms with Gasteiger partial charge < -0.3 is 14.4 Å². The summed E-state index contributed by atoms with van der Waals surface area (Å²) in [4.78, 5) is 29.5. The van der Waals surface area contributed by atoms with E-state index < -0.39 is 5.97 Å². The first kappa shape index (κ1) is 16.7. The Morgan fingerprint density at radius 2 is 2.09 bits per heavy atom. The molecule has 0 spiro atoms. The van der Waals surface area contributed by atoms with Gasteiger partial charge in [0.2, 0.25) is 0 Å². The van der Waals surface area contributed by atoms with Gasteiger partial charge >= 0.3 is 5.97 Å². The van der Waals surface area contributed by atoms with Crippen LogP contribution in [-0.4, -0.2) is 39.5 Å². The fraction of sp³-hybridized carbons (Fsp3) is 0.353. The molecule has 6 heteroatoms. The number of furan rings is 1. The van der Waals surface area contributed by atoms with E-state index in [0.29, 0.717) is 29.1 Å². The predicted molar refractivity (Wildman–Crippen MR) is 85.1 cm³/mol. The number of aliphatic carboxylic acids is 1. The summed E-state index contributed by atoms with van der Waals surface area (Å²) in [5.74, 6) is -0.731. The molecular weight excluding hydrogens is 296 g/mol. The predicted octanol–water partition coefficient (Wildman–Crippen LogP) is 2.98. The molecule has 1 atom stereocenters. The van der Waals surface area contributed by atoms with Crippen LogP contribution in [0.25, 0.3) is 11.5 Å². The molecule has 122 valence electrons. The minimum atomic E-state index is -1.03. The molecule has 0 aliphatic heterocycles. The molecule has 2 rings (SSSR count). The molecule has 6 nitrogen and oxygen atoms in total. The average molecular weight is 316 g/mol. The fourth-order valence-corrected chi connectivity index (χ4v) is 2.30. The van der Waals surface area contributed by atoms with Crippen molar-refractivity contribution in [3.63, 3.8) is 0 Å². The second-order valence-electron chi connectivity index (χ2n) is 5.39. The summed E-state index contributed by atoms with van der Waals surface area (Å²) in [6, 6.07) is 6.76. The minimum Gasteiger partial charge on any atom is -0.480 e. The van der Waals surface area contributed by atoms with Crippen LogP contribution in [-0.2, 0) is 4.79 Å². The molecule has 0 aromatic carbocycles. The number of nitrogens with zero attached hydrogens (tertiary/aromatic N) is 2. The number of pyridine rings is 1.